The summed E-state index contributed by atoms with van der Waals surface area (Å²) in [6, 6.07) is 50.9. The fraction of sp³-hybridized carbons (Fsp3) is 0.0233. The van der Waals surface area contributed by atoms with E-state index in [-0.39, 0.29) is 35.7 Å². The Morgan fingerprint density at radius 1 is 0.409 bits per heavy atom. The molecular formula is C43H31N. The van der Waals surface area contributed by atoms with Gasteiger partial charge in [-0.25, -0.2) is 0 Å². The van der Waals surface area contributed by atoms with Gasteiger partial charge in [0.25, 0.3) is 0 Å². The Morgan fingerprint density at radius 2 is 0.932 bits per heavy atom. The van der Waals surface area contributed by atoms with E-state index in [4.69, 9.17) is 6.85 Å². The molecule has 208 valence electrons. The largest absolute Gasteiger partial charge is 0.310 e. The van der Waals surface area contributed by atoms with Crippen LogP contribution in [0.1, 0.15) is 29.5 Å². The first-order valence-electron chi connectivity index (χ1n) is 17.3. The second kappa shape index (κ2) is 11.2. The molecular weight excluding hydrogens is 530 g/mol. The highest BCUT2D eigenvalue weighted by molar-refractivity contribution is 5.86. The average molecular weight is 567 g/mol. The van der Waals surface area contributed by atoms with E-state index >= 15 is 0 Å². The molecule has 0 spiro atoms. The molecule has 44 heavy (non-hydrogen) atoms. The van der Waals surface area contributed by atoms with Crippen LogP contribution in [-0.4, -0.2) is 0 Å². The van der Waals surface area contributed by atoms with E-state index in [0.717, 1.165) is 28.2 Å². The number of benzene rings is 7. The maximum absolute atomic E-state index is 8.50. The van der Waals surface area contributed by atoms with Gasteiger partial charge in [0.1, 0.15) is 0 Å². The number of rotatable bonds is 6. The van der Waals surface area contributed by atoms with Crippen molar-refractivity contribution in [3.8, 4) is 33.4 Å². The summed E-state index contributed by atoms with van der Waals surface area (Å²) in [7, 11) is 0. The Bertz CT molecular complexity index is 2290. The molecule has 7 aromatic carbocycles. The van der Waals surface area contributed by atoms with Crippen molar-refractivity contribution >= 4 is 17.1 Å². The number of hydrogen-bond donors (Lipinski definition) is 0. The quantitative estimate of drug-likeness (QED) is 0.193. The van der Waals surface area contributed by atoms with Crippen LogP contribution >= 0.6 is 0 Å². The van der Waals surface area contributed by atoms with Crippen LogP contribution in [0.15, 0.2) is 182 Å². The smallest absolute Gasteiger partial charge is 0.0629 e. The predicted molar refractivity (Wildman–Crippen MR) is 185 cm³/mol. The Morgan fingerprint density at radius 3 is 1.61 bits per heavy atom. The van der Waals surface area contributed by atoms with Gasteiger partial charge in [0.05, 0.1) is 6.85 Å². The topological polar surface area (TPSA) is 3.24 Å². The lowest BCUT2D eigenvalue weighted by Gasteiger charge is -2.27. The van der Waals surface area contributed by atoms with Crippen molar-refractivity contribution in [2.45, 2.75) is 5.92 Å². The van der Waals surface area contributed by atoms with Gasteiger partial charge in [0, 0.05) is 23.0 Å². The van der Waals surface area contributed by atoms with Gasteiger partial charge in [-0.05, 0) is 86.5 Å². The average Bonchev–Trinajstić information content (AvgIpc) is 3.49. The van der Waals surface area contributed by atoms with E-state index in [1.54, 1.807) is 0 Å². The molecule has 0 N–H and O–H groups in total. The number of fused-ring (bicyclic) bond motifs is 3. The zero-order valence-electron chi connectivity index (χ0n) is 29.0. The third-order valence-electron chi connectivity index (χ3n) is 8.45. The standard InChI is InChI=1S/C43H31N/c1-4-12-31(13-5-1)33-20-24-36(25-21-33)44(37-26-22-34(23-27-37)32-14-6-2-7-15-32)38-28-29-40-39-18-10-11-19-41(39)43(42(40)30-38)35-16-8-3-9-17-35/h1-30,43H/i1D,4D,5D,12D,13D. The molecule has 1 heteroatoms. The molecule has 0 saturated carbocycles. The van der Waals surface area contributed by atoms with Gasteiger partial charge < -0.3 is 4.90 Å². The van der Waals surface area contributed by atoms with Crippen molar-refractivity contribution in [3.63, 3.8) is 0 Å². The molecule has 0 amide bonds. The zero-order valence-corrected chi connectivity index (χ0v) is 24.0. The normalized spacial score (nSPS) is 14.8. The van der Waals surface area contributed by atoms with Crippen LogP contribution in [0.25, 0.3) is 33.4 Å². The molecule has 1 unspecified atom stereocenters. The minimum atomic E-state index is -0.395. The van der Waals surface area contributed by atoms with Crippen molar-refractivity contribution in [1.82, 2.24) is 0 Å². The van der Waals surface area contributed by atoms with Gasteiger partial charge in [0.2, 0.25) is 0 Å². The number of hydrogen-bond acceptors (Lipinski definition) is 1. The Balaban J connectivity index is 1.27. The first-order chi connectivity index (χ1) is 23.9. The zero-order chi connectivity index (χ0) is 33.6. The molecule has 1 nitrogen and oxygen atoms in total. The Kier molecular flexibility index (Phi) is 5.37. The molecule has 0 bridgehead atoms. The first-order valence-corrected chi connectivity index (χ1v) is 14.8. The van der Waals surface area contributed by atoms with E-state index in [9.17, 15) is 0 Å². The van der Waals surface area contributed by atoms with Crippen LogP contribution in [0.2, 0.25) is 0 Å². The molecule has 1 aliphatic carbocycles. The lowest BCUT2D eigenvalue weighted by atomic mass is 9.89. The highest BCUT2D eigenvalue weighted by Crippen LogP contribution is 2.50. The Hall–Kier alpha value is -5.66. The van der Waals surface area contributed by atoms with Crippen molar-refractivity contribution in [1.29, 1.82) is 0 Å². The lowest BCUT2D eigenvalue weighted by molar-refractivity contribution is 1.01. The SMILES string of the molecule is [2H]c1c([2H])c([2H])c(-c2ccc(N(c3ccc(-c4ccccc4)cc3)c3ccc4c(c3)C(c3ccccc3)c3ccccc3-4)cc2)c([2H])c1[2H]. The first kappa shape index (κ1) is 21.1. The van der Waals surface area contributed by atoms with Gasteiger partial charge in [-0.1, -0.05) is 145 Å². The fourth-order valence-electron chi connectivity index (χ4n) is 6.39. The van der Waals surface area contributed by atoms with Crippen molar-refractivity contribution < 1.29 is 6.85 Å². The molecule has 0 radical (unpaired) electrons. The highest BCUT2D eigenvalue weighted by Gasteiger charge is 2.30. The van der Waals surface area contributed by atoms with E-state index in [0.29, 0.717) is 5.56 Å². The molecule has 1 atom stereocenters. The summed E-state index contributed by atoms with van der Waals surface area (Å²) < 4.78 is 41.4. The molecule has 7 aromatic rings. The van der Waals surface area contributed by atoms with E-state index in [2.05, 4.69) is 114 Å². The van der Waals surface area contributed by atoms with Crippen molar-refractivity contribution in [2.75, 3.05) is 4.90 Å². The fourth-order valence-corrected chi connectivity index (χ4v) is 6.39. The minimum Gasteiger partial charge on any atom is -0.310 e. The number of nitrogens with zero attached hydrogens (tertiary/aromatic N) is 1. The molecule has 0 fully saturated rings. The third kappa shape index (κ3) is 4.69. The van der Waals surface area contributed by atoms with Crippen molar-refractivity contribution in [3.05, 3.63) is 199 Å². The molecule has 1 aliphatic rings. The maximum Gasteiger partial charge on any atom is 0.0629 e. The summed E-state index contributed by atoms with van der Waals surface area (Å²) in [5, 5.41) is 0. The Labute approximate surface area is 266 Å². The predicted octanol–water partition coefficient (Wildman–Crippen LogP) is 11.7. The summed E-state index contributed by atoms with van der Waals surface area (Å²) >= 11 is 0. The van der Waals surface area contributed by atoms with Crippen LogP contribution in [0.3, 0.4) is 0 Å². The highest BCUT2D eigenvalue weighted by atomic mass is 15.1. The van der Waals surface area contributed by atoms with Crippen LogP contribution in [0.5, 0.6) is 0 Å². The second-order valence-corrected chi connectivity index (χ2v) is 11.0. The summed E-state index contributed by atoms with van der Waals surface area (Å²) in [6.07, 6.45) is 0. The second-order valence-electron chi connectivity index (χ2n) is 11.0. The van der Waals surface area contributed by atoms with Crippen LogP contribution < -0.4 is 4.90 Å². The summed E-state index contributed by atoms with van der Waals surface area (Å²) in [5.74, 6) is 0.0983. The van der Waals surface area contributed by atoms with E-state index < -0.39 is 6.04 Å². The van der Waals surface area contributed by atoms with Crippen LogP contribution in [0.4, 0.5) is 17.1 Å². The van der Waals surface area contributed by atoms with Crippen LogP contribution in [0, 0.1) is 0 Å². The monoisotopic (exact) mass is 566 g/mol. The minimum absolute atomic E-state index is 0.0983. The van der Waals surface area contributed by atoms with Gasteiger partial charge >= 0.3 is 0 Å². The summed E-state index contributed by atoms with van der Waals surface area (Å²) in [4.78, 5) is 2.21. The lowest BCUT2D eigenvalue weighted by Crippen LogP contribution is -2.11. The number of anilines is 3. The third-order valence-corrected chi connectivity index (χ3v) is 8.45. The van der Waals surface area contributed by atoms with E-state index in [1.807, 2.05) is 42.5 Å². The molecule has 0 aromatic heterocycles. The van der Waals surface area contributed by atoms with E-state index in [1.165, 1.54) is 27.8 Å². The molecule has 0 saturated heterocycles. The van der Waals surface area contributed by atoms with Crippen molar-refractivity contribution in [2.24, 2.45) is 0 Å². The van der Waals surface area contributed by atoms with Crippen LogP contribution in [-0.2, 0) is 0 Å². The van der Waals surface area contributed by atoms with Gasteiger partial charge in [0.15, 0.2) is 0 Å². The van der Waals surface area contributed by atoms with Gasteiger partial charge in [-0.2, -0.15) is 0 Å². The van der Waals surface area contributed by atoms with Gasteiger partial charge in [-0.15, -0.1) is 0 Å². The summed E-state index contributed by atoms with van der Waals surface area (Å²) in [5.41, 5.74) is 12.1. The molecule has 0 heterocycles. The van der Waals surface area contributed by atoms with Gasteiger partial charge in [-0.3, -0.25) is 0 Å². The maximum atomic E-state index is 8.50. The molecule has 0 aliphatic heterocycles. The summed E-state index contributed by atoms with van der Waals surface area (Å²) in [6.45, 7) is 0. The molecule has 8 rings (SSSR count).